The zero-order chi connectivity index (χ0) is 19.1. The Bertz CT molecular complexity index is 746. The third kappa shape index (κ3) is 5.76. The van der Waals surface area contributed by atoms with Gasteiger partial charge in [-0.2, -0.15) is 0 Å². The van der Waals surface area contributed by atoms with Crippen molar-refractivity contribution in [2.45, 2.75) is 45.2 Å². The molecule has 27 heavy (non-hydrogen) atoms. The van der Waals surface area contributed by atoms with Crippen LogP contribution in [-0.2, 0) is 6.54 Å². The molecule has 0 aliphatic carbocycles. The second-order valence-corrected chi connectivity index (χ2v) is 7.23. The molecular weight excluding hydrogens is 338 g/mol. The van der Waals surface area contributed by atoms with Crippen molar-refractivity contribution in [2.75, 3.05) is 25.5 Å². The highest BCUT2D eigenvalue weighted by Crippen LogP contribution is 2.17. The number of likely N-dealkylation sites (tertiary alicyclic amines) is 1. The minimum atomic E-state index is -0.0622. The van der Waals surface area contributed by atoms with Crippen LogP contribution in [0.15, 0.2) is 36.5 Å². The van der Waals surface area contributed by atoms with E-state index in [4.69, 9.17) is 0 Å². The second kappa shape index (κ2) is 9.46. The van der Waals surface area contributed by atoms with Gasteiger partial charge < -0.3 is 15.5 Å². The van der Waals surface area contributed by atoms with Gasteiger partial charge in [0.15, 0.2) is 0 Å². The molecule has 0 bridgehead atoms. The molecule has 2 aromatic rings. The lowest BCUT2D eigenvalue weighted by molar-refractivity contribution is 0.0945. The Kier molecular flexibility index (Phi) is 6.76. The summed E-state index contributed by atoms with van der Waals surface area (Å²) in [5, 5.41) is 6.25. The van der Waals surface area contributed by atoms with Gasteiger partial charge in [0.25, 0.3) is 5.91 Å². The van der Waals surface area contributed by atoms with Crippen LogP contribution in [0.25, 0.3) is 0 Å². The van der Waals surface area contributed by atoms with Gasteiger partial charge in [0.05, 0.1) is 17.8 Å². The van der Waals surface area contributed by atoms with Gasteiger partial charge >= 0.3 is 0 Å². The monoisotopic (exact) mass is 367 g/mol. The van der Waals surface area contributed by atoms with Crippen LogP contribution in [-0.4, -0.2) is 47.0 Å². The molecule has 0 unspecified atom stereocenters. The maximum Gasteiger partial charge on any atom is 0.252 e. The standard InChI is InChI=1S/C21H29N5O/c1-16-6-5-7-18(25-16)15-24-20-10-9-17(14-23-20)21(27)22-12-11-19-8-3-4-13-26(19)2/h5-7,9-10,14,19H,3-4,8,11-13,15H2,1-2H3,(H,22,27)(H,23,24)/t19-/m1/s1. The second-order valence-electron chi connectivity index (χ2n) is 7.23. The van der Waals surface area contributed by atoms with Crippen LogP contribution in [0.3, 0.4) is 0 Å². The van der Waals surface area contributed by atoms with Gasteiger partial charge in [-0.3, -0.25) is 9.78 Å². The van der Waals surface area contributed by atoms with E-state index in [9.17, 15) is 4.79 Å². The number of hydrogen-bond donors (Lipinski definition) is 2. The summed E-state index contributed by atoms with van der Waals surface area (Å²) in [6.07, 6.45) is 6.42. The molecule has 1 saturated heterocycles. The highest BCUT2D eigenvalue weighted by Gasteiger charge is 2.18. The molecule has 3 heterocycles. The van der Waals surface area contributed by atoms with Gasteiger partial charge in [0.2, 0.25) is 0 Å². The molecule has 144 valence electrons. The first-order chi connectivity index (χ1) is 13.1. The Morgan fingerprint density at radius 3 is 2.89 bits per heavy atom. The van der Waals surface area contributed by atoms with Crippen molar-refractivity contribution in [3.05, 3.63) is 53.5 Å². The normalized spacial score (nSPS) is 17.5. The van der Waals surface area contributed by atoms with Gasteiger partial charge in [-0.15, -0.1) is 0 Å². The number of aryl methyl sites for hydroxylation is 1. The van der Waals surface area contributed by atoms with Crippen LogP contribution in [0.2, 0.25) is 0 Å². The summed E-state index contributed by atoms with van der Waals surface area (Å²) >= 11 is 0. The molecule has 2 aromatic heterocycles. The number of aromatic nitrogens is 2. The molecule has 3 rings (SSSR count). The van der Waals surface area contributed by atoms with Crippen molar-refractivity contribution in [1.82, 2.24) is 20.2 Å². The molecule has 6 nitrogen and oxygen atoms in total. The van der Waals surface area contributed by atoms with Crippen molar-refractivity contribution in [3.63, 3.8) is 0 Å². The third-order valence-electron chi connectivity index (χ3n) is 5.11. The molecule has 0 aromatic carbocycles. The van der Waals surface area contributed by atoms with E-state index >= 15 is 0 Å². The highest BCUT2D eigenvalue weighted by atomic mass is 16.1. The van der Waals surface area contributed by atoms with Gasteiger partial charge in [0, 0.05) is 24.5 Å². The van der Waals surface area contributed by atoms with Crippen molar-refractivity contribution in [2.24, 2.45) is 0 Å². The largest absolute Gasteiger partial charge is 0.364 e. The predicted molar refractivity (Wildman–Crippen MR) is 108 cm³/mol. The van der Waals surface area contributed by atoms with Gasteiger partial charge in [-0.05, 0) is 64.0 Å². The van der Waals surface area contributed by atoms with E-state index in [1.807, 2.05) is 31.2 Å². The molecule has 1 atom stereocenters. The number of carbonyl (C=O) groups excluding carboxylic acids is 1. The number of piperidine rings is 1. The van der Waals surface area contributed by atoms with E-state index < -0.39 is 0 Å². The molecular formula is C21H29N5O. The Morgan fingerprint density at radius 2 is 2.15 bits per heavy atom. The zero-order valence-electron chi connectivity index (χ0n) is 16.2. The molecule has 2 N–H and O–H groups in total. The topological polar surface area (TPSA) is 70.2 Å². The summed E-state index contributed by atoms with van der Waals surface area (Å²) in [6.45, 7) is 4.44. The van der Waals surface area contributed by atoms with Crippen LogP contribution >= 0.6 is 0 Å². The van der Waals surface area contributed by atoms with Gasteiger partial charge in [-0.1, -0.05) is 12.5 Å². The lowest BCUT2D eigenvalue weighted by Crippen LogP contribution is -2.39. The first-order valence-electron chi connectivity index (χ1n) is 9.73. The fraction of sp³-hybridized carbons (Fsp3) is 0.476. The predicted octanol–water partition coefficient (Wildman–Crippen LogP) is 3.00. The molecule has 1 aliphatic rings. The maximum absolute atomic E-state index is 12.3. The highest BCUT2D eigenvalue weighted by molar-refractivity contribution is 5.94. The fourth-order valence-corrected chi connectivity index (χ4v) is 3.48. The Hall–Kier alpha value is -2.47. The van der Waals surface area contributed by atoms with E-state index in [2.05, 4.69) is 32.5 Å². The molecule has 1 fully saturated rings. The molecule has 1 aliphatic heterocycles. The number of pyridine rings is 2. The summed E-state index contributed by atoms with van der Waals surface area (Å²) in [6, 6.07) is 10.2. The Morgan fingerprint density at radius 1 is 1.26 bits per heavy atom. The number of rotatable bonds is 7. The fourth-order valence-electron chi connectivity index (χ4n) is 3.48. The summed E-state index contributed by atoms with van der Waals surface area (Å²) in [4.78, 5) is 23.5. The molecule has 0 spiro atoms. The van der Waals surface area contributed by atoms with E-state index in [0.29, 0.717) is 24.7 Å². The van der Waals surface area contributed by atoms with E-state index in [1.54, 1.807) is 12.3 Å². The minimum Gasteiger partial charge on any atom is -0.364 e. The van der Waals surface area contributed by atoms with Crippen LogP contribution in [0, 0.1) is 6.92 Å². The summed E-state index contributed by atoms with van der Waals surface area (Å²) in [5.74, 6) is 0.673. The van der Waals surface area contributed by atoms with Gasteiger partial charge in [-0.25, -0.2) is 4.98 Å². The van der Waals surface area contributed by atoms with Crippen LogP contribution in [0.5, 0.6) is 0 Å². The summed E-state index contributed by atoms with van der Waals surface area (Å²) in [7, 11) is 2.17. The molecule has 1 amide bonds. The molecule has 0 radical (unpaired) electrons. The number of amides is 1. The van der Waals surface area contributed by atoms with Crippen LogP contribution in [0.4, 0.5) is 5.82 Å². The summed E-state index contributed by atoms with van der Waals surface area (Å²) < 4.78 is 0. The number of carbonyl (C=O) groups is 1. The zero-order valence-corrected chi connectivity index (χ0v) is 16.2. The lowest BCUT2D eigenvalue weighted by atomic mass is 10.0. The first kappa shape index (κ1) is 19.3. The average Bonchev–Trinajstić information content (AvgIpc) is 2.68. The average molecular weight is 367 g/mol. The third-order valence-corrected chi connectivity index (χ3v) is 5.11. The molecule has 6 heteroatoms. The quantitative estimate of drug-likeness (QED) is 0.787. The Labute approximate surface area is 161 Å². The lowest BCUT2D eigenvalue weighted by Gasteiger charge is -2.32. The van der Waals surface area contributed by atoms with E-state index in [-0.39, 0.29) is 5.91 Å². The number of hydrogen-bond acceptors (Lipinski definition) is 5. The Balaban J connectivity index is 1.44. The number of nitrogens with one attached hydrogen (secondary N) is 2. The van der Waals surface area contributed by atoms with Crippen LogP contribution < -0.4 is 10.6 Å². The smallest absolute Gasteiger partial charge is 0.252 e. The number of nitrogens with zero attached hydrogens (tertiary/aromatic N) is 3. The van der Waals surface area contributed by atoms with Crippen molar-refractivity contribution in [1.29, 1.82) is 0 Å². The maximum atomic E-state index is 12.3. The van der Waals surface area contributed by atoms with E-state index in [0.717, 1.165) is 30.2 Å². The van der Waals surface area contributed by atoms with Gasteiger partial charge in [0.1, 0.15) is 5.82 Å². The SMILES string of the molecule is Cc1cccc(CNc2ccc(C(=O)NCC[C@H]3CCCCN3C)cn2)n1. The number of anilines is 1. The minimum absolute atomic E-state index is 0.0622. The van der Waals surface area contributed by atoms with Crippen molar-refractivity contribution in [3.8, 4) is 0 Å². The van der Waals surface area contributed by atoms with Crippen molar-refractivity contribution >= 4 is 11.7 Å². The van der Waals surface area contributed by atoms with E-state index in [1.165, 1.54) is 19.3 Å². The van der Waals surface area contributed by atoms with Crippen molar-refractivity contribution < 1.29 is 4.79 Å². The summed E-state index contributed by atoms with van der Waals surface area (Å²) in [5.41, 5.74) is 2.55. The van der Waals surface area contributed by atoms with Crippen LogP contribution in [0.1, 0.15) is 47.4 Å². The first-order valence-corrected chi connectivity index (χ1v) is 9.73. The molecule has 0 saturated carbocycles.